The van der Waals surface area contributed by atoms with E-state index in [-0.39, 0.29) is 26.8 Å². The van der Waals surface area contributed by atoms with Crippen LogP contribution in [-0.2, 0) is 10.0 Å². The van der Waals surface area contributed by atoms with Gasteiger partial charge in [-0.1, -0.05) is 28.9 Å². The second-order valence-corrected chi connectivity index (χ2v) is 10.9. The molecule has 0 atom stereocenters. The average Bonchev–Trinajstić information content (AvgIpc) is 3.39. The lowest BCUT2D eigenvalue weighted by Gasteiger charge is -2.15. The number of hydrogen-bond acceptors (Lipinski definition) is 9. The smallest absolute Gasteiger partial charge is 0.262 e. The molecule has 0 aliphatic rings. The Morgan fingerprint density at radius 3 is 2.61 bits per heavy atom. The number of rotatable bonds is 6. The highest BCUT2D eigenvalue weighted by Gasteiger charge is 2.23. The third-order valence-electron chi connectivity index (χ3n) is 6.28. The lowest BCUT2D eigenvalue weighted by Crippen LogP contribution is -2.16. The highest BCUT2D eigenvalue weighted by Crippen LogP contribution is 2.32. The molecule has 41 heavy (non-hydrogen) atoms. The normalized spacial score (nSPS) is 11.7. The van der Waals surface area contributed by atoms with Crippen LogP contribution in [0, 0.1) is 18.6 Å². The van der Waals surface area contributed by atoms with E-state index in [0.717, 1.165) is 12.1 Å². The van der Waals surface area contributed by atoms with Crippen LogP contribution >= 0.6 is 11.6 Å². The number of pyridine rings is 1. The van der Waals surface area contributed by atoms with Crippen LogP contribution in [0.25, 0.3) is 27.9 Å². The van der Waals surface area contributed by atoms with Gasteiger partial charge in [-0.3, -0.25) is 4.72 Å². The van der Waals surface area contributed by atoms with Crippen molar-refractivity contribution in [3.8, 4) is 5.82 Å². The van der Waals surface area contributed by atoms with E-state index in [1.54, 1.807) is 30.3 Å². The molecule has 11 nitrogen and oxygen atoms in total. The number of nitrogens with zero attached hydrogens (tertiary/aromatic N) is 6. The maximum Gasteiger partial charge on any atom is 0.262 e. The Morgan fingerprint density at radius 1 is 0.976 bits per heavy atom. The van der Waals surface area contributed by atoms with Crippen LogP contribution in [0.3, 0.4) is 0 Å². The first kappa shape index (κ1) is 26.3. The Morgan fingerprint density at radius 2 is 1.78 bits per heavy atom. The Balaban J connectivity index is 1.40. The van der Waals surface area contributed by atoms with Gasteiger partial charge < -0.3 is 11.1 Å². The van der Waals surface area contributed by atoms with E-state index in [4.69, 9.17) is 17.3 Å². The summed E-state index contributed by atoms with van der Waals surface area (Å²) in [6, 6.07) is 14.7. The average molecular weight is 594 g/mol. The number of aromatic nitrogens is 6. The summed E-state index contributed by atoms with van der Waals surface area (Å²) in [5, 5.41) is 11.1. The Labute approximate surface area is 236 Å². The fraction of sp³-hybridized carbons (Fsp3) is 0.0385. The summed E-state index contributed by atoms with van der Waals surface area (Å²) in [4.78, 5) is 12.7. The van der Waals surface area contributed by atoms with Gasteiger partial charge in [0.25, 0.3) is 10.0 Å². The zero-order chi connectivity index (χ0) is 28.9. The second kappa shape index (κ2) is 9.91. The van der Waals surface area contributed by atoms with Crippen molar-refractivity contribution < 1.29 is 17.2 Å². The number of fused-ring (bicyclic) bond motifs is 2. The lowest BCUT2D eigenvalue weighted by molar-refractivity contribution is 0.588. The van der Waals surface area contributed by atoms with Gasteiger partial charge in [-0.15, -0.1) is 5.10 Å². The summed E-state index contributed by atoms with van der Waals surface area (Å²) in [5.41, 5.74) is 7.16. The van der Waals surface area contributed by atoms with Gasteiger partial charge in [0.15, 0.2) is 17.5 Å². The van der Waals surface area contributed by atoms with Gasteiger partial charge in [0.1, 0.15) is 28.9 Å². The SMILES string of the molecule is Cc1c(Cl)cccc1S(=O)(=O)Nc1ccc(F)c(Nc2ncnc3ccc(-n4nnc5c(N)cccc54)nc23)c1F. The monoisotopic (exact) mass is 593 g/mol. The summed E-state index contributed by atoms with van der Waals surface area (Å²) >= 11 is 6.06. The van der Waals surface area contributed by atoms with E-state index in [0.29, 0.717) is 28.1 Å². The van der Waals surface area contributed by atoms with Crippen molar-refractivity contribution in [1.82, 2.24) is 29.9 Å². The molecule has 3 heterocycles. The van der Waals surface area contributed by atoms with Crippen LogP contribution in [0.15, 0.2) is 71.9 Å². The molecule has 0 fully saturated rings. The van der Waals surface area contributed by atoms with E-state index in [1.807, 2.05) is 0 Å². The van der Waals surface area contributed by atoms with Gasteiger partial charge in [0, 0.05) is 5.02 Å². The molecule has 3 aromatic heterocycles. The van der Waals surface area contributed by atoms with E-state index < -0.39 is 33.0 Å². The van der Waals surface area contributed by atoms with E-state index in [1.165, 1.54) is 36.1 Å². The standard InChI is InChI=1S/C26H18ClF2N9O2S/c1-13-14(27)4-2-7-20(13)41(39,40)36-17-9-8-15(28)23(22(17)29)34-26-25-18(31-12-32-26)10-11-21(33-25)38-19-6-3-5-16(30)24(19)35-37-38/h2-12,36H,30H2,1H3,(H,31,32,34). The highest BCUT2D eigenvalue weighted by atomic mass is 35.5. The van der Waals surface area contributed by atoms with Crippen LogP contribution in [0.5, 0.6) is 0 Å². The van der Waals surface area contributed by atoms with Crippen molar-refractivity contribution in [2.45, 2.75) is 11.8 Å². The predicted octanol–water partition coefficient (Wildman–Crippen LogP) is 5.13. The zero-order valence-corrected chi connectivity index (χ0v) is 22.5. The van der Waals surface area contributed by atoms with Crippen LogP contribution < -0.4 is 15.8 Å². The van der Waals surface area contributed by atoms with E-state index in [2.05, 4.69) is 35.3 Å². The molecule has 15 heteroatoms. The molecule has 206 valence electrons. The van der Waals surface area contributed by atoms with Crippen molar-refractivity contribution in [2.24, 2.45) is 0 Å². The minimum Gasteiger partial charge on any atom is -0.397 e. The van der Waals surface area contributed by atoms with Crippen LogP contribution in [-0.4, -0.2) is 38.4 Å². The largest absolute Gasteiger partial charge is 0.397 e. The van der Waals surface area contributed by atoms with Crippen molar-refractivity contribution in [3.63, 3.8) is 0 Å². The summed E-state index contributed by atoms with van der Waals surface area (Å²) in [7, 11) is -4.27. The fourth-order valence-electron chi connectivity index (χ4n) is 4.22. The quantitative estimate of drug-likeness (QED) is 0.223. The maximum absolute atomic E-state index is 15.6. The summed E-state index contributed by atoms with van der Waals surface area (Å²) in [5.74, 6) is -1.91. The topological polar surface area (TPSA) is 154 Å². The Bertz CT molecular complexity index is 2110. The van der Waals surface area contributed by atoms with Gasteiger partial charge in [0.05, 0.1) is 27.3 Å². The molecular weight excluding hydrogens is 576 g/mol. The van der Waals surface area contributed by atoms with Crippen LogP contribution in [0.4, 0.5) is 31.7 Å². The molecular formula is C26H18ClF2N9O2S. The number of hydrogen-bond donors (Lipinski definition) is 3. The third kappa shape index (κ3) is 4.62. The van der Waals surface area contributed by atoms with Gasteiger partial charge in [-0.2, -0.15) is 4.68 Å². The highest BCUT2D eigenvalue weighted by molar-refractivity contribution is 7.92. The zero-order valence-electron chi connectivity index (χ0n) is 21.0. The number of nitrogens with two attached hydrogens (primary N) is 1. The number of nitrogens with one attached hydrogen (secondary N) is 2. The van der Waals surface area contributed by atoms with E-state index in [9.17, 15) is 12.8 Å². The first-order chi connectivity index (χ1) is 19.6. The van der Waals surface area contributed by atoms with Gasteiger partial charge in [-0.25, -0.2) is 32.2 Å². The van der Waals surface area contributed by atoms with Gasteiger partial charge in [-0.05, 0) is 61.0 Å². The molecule has 0 aliphatic heterocycles. The molecule has 0 spiro atoms. The summed E-state index contributed by atoms with van der Waals surface area (Å²) in [6.07, 6.45) is 1.20. The van der Waals surface area contributed by atoms with E-state index >= 15 is 4.39 Å². The third-order valence-corrected chi connectivity index (χ3v) is 8.20. The van der Waals surface area contributed by atoms with Gasteiger partial charge in [0.2, 0.25) is 0 Å². The van der Waals surface area contributed by atoms with Crippen LogP contribution in [0.2, 0.25) is 5.02 Å². The first-order valence-corrected chi connectivity index (χ1v) is 13.7. The molecule has 6 rings (SSSR count). The van der Waals surface area contributed by atoms with Gasteiger partial charge >= 0.3 is 0 Å². The second-order valence-electron chi connectivity index (χ2n) is 8.85. The molecule has 3 aromatic carbocycles. The van der Waals surface area contributed by atoms with Crippen molar-refractivity contribution in [2.75, 3.05) is 15.8 Å². The molecule has 0 amide bonds. The molecule has 0 unspecified atom stereocenters. The van der Waals surface area contributed by atoms with Crippen molar-refractivity contribution in [3.05, 3.63) is 89.2 Å². The number of halogens is 3. The molecule has 0 saturated heterocycles. The minimum atomic E-state index is -4.27. The summed E-state index contributed by atoms with van der Waals surface area (Å²) in [6.45, 7) is 1.52. The first-order valence-electron chi connectivity index (χ1n) is 11.9. The number of benzene rings is 3. The maximum atomic E-state index is 15.6. The Hall–Kier alpha value is -4.95. The molecule has 0 aliphatic carbocycles. The molecule has 0 bridgehead atoms. The van der Waals surface area contributed by atoms with Crippen LogP contribution in [0.1, 0.15) is 5.56 Å². The number of sulfonamides is 1. The van der Waals surface area contributed by atoms with Crippen molar-refractivity contribution in [1.29, 1.82) is 0 Å². The molecule has 6 aromatic rings. The predicted molar refractivity (Wildman–Crippen MR) is 151 cm³/mol. The van der Waals surface area contributed by atoms with Crippen molar-refractivity contribution >= 4 is 66.6 Å². The molecule has 4 N–H and O–H groups in total. The lowest BCUT2D eigenvalue weighted by atomic mass is 10.2. The minimum absolute atomic E-state index is 0.0377. The summed E-state index contributed by atoms with van der Waals surface area (Å²) < 4.78 is 60.2. The molecule has 0 saturated carbocycles. The fourth-order valence-corrected chi connectivity index (χ4v) is 5.78. The number of anilines is 4. The Kier molecular flexibility index (Phi) is 6.35. The molecule has 0 radical (unpaired) electrons. The number of nitrogen functional groups attached to an aromatic ring is 1.